The van der Waals surface area contributed by atoms with Gasteiger partial charge in [0.25, 0.3) is 11.5 Å². The van der Waals surface area contributed by atoms with Gasteiger partial charge in [-0.15, -0.1) is 0 Å². The molecule has 0 radical (unpaired) electrons. The van der Waals surface area contributed by atoms with Crippen molar-refractivity contribution in [2.45, 2.75) is 64.2 Å². The molecule has 5 amide bonds. The number of amides is 5. The number of aromatic amines is 1. The zero-order valence-corrected chi connectivity index (χ0v) is 31.7. The van der Waals surface area contributed by atoms with Crippen molar-refractivity contribution < 1.29 is 43.4 Å². The molecule has 308 valence electrons. The Balaban J connectivity index is 1.31. The molecule has 0 aliphatic rings. The predicted octanol–water partition coefficient (Wildman–Crippen LogP) is -2.30. The number of H-pyrrole nitrogens is 1. The van der Waals surface area contributed by atoms with E-state index >= 15 is 0 Å². The minimum absolute atomic E-state index is 0.0348. The molecule has 3 atom stereocenters. The molecule has 0 aliphatic heterocycles. The summed E-state index contributed by atoms with van der Waals surface area (Å²) in [5.74, 6) is -4.36. The maximum atomic E-state index is 12.8. The SMILES string of the molecule is CCNC(=O)CC(NC(=O)C(CC(=O)NCCOCCNC(=O)CCC(NC(=O)c1ccc(NCc2cnc3nc(N)[nH]c(=O)c3n2)cc1)C(=O)O)NC)C(C)=O. The number of ketones is 1. The molecular weight excluding hydrogens is 748 g/mol. The van der Waals surface area contributed by atoms with Crippen molar-refractivity contribution in [2.24, 2.45) is 0 Å². The number of hydrogen-bond acceptors (Lipinski definition) is 15. The van der Waals surface area contributed by atoms with Crippen molar-refractivity contribution in [1.29, 1.82) is 0 Å². The van der Waals surface area contributed by atoms with Gasteiger partial charge >= 0.3 is 5.97 Å². The number of nitrogens with two attached hydrogens (primary N) is 1. The van der Waals surface area contributed by atoms with Crippen molar-refractivity contribution in [1.82, 2.24) is 51.8 Å². The largest absolute Gasteiger partial charge is 0.480 e. The molecule has 2 aromatic heterocycles. The first-order chi connectivity index (χ1) is 27.2. The first kappa shape index (κ1) is 44.8. The summed E-state index contributed by atoms with van der Waals surface area (Å²) in [6.07, 6.45) is 0.617. The number of carboxylic acid groups (broad SMARTS) is 1. The van der Waals surface area contributed by atoms with E-state index in [1.165, 1.54) is 32.3 Å². The van der Waals surface area contributed by atoms with E-state index in [1.807, 2.05) is 0 Å². The van der Waals surface area contributed by atoms with E-state index in [2.05, 4.69) is 57.2 Å². The molecule has 0 spiro atoms. The molecule has 22 nitrogen and oxygen atoms in total. The predicted molar refractivity (Wildman–Crippen MR) is 204 cm³/mol. The molecular formula is C35H48N12O10. The van der Waals surface area contributed by atoms with E-state index < -0.39 is 65.0 Å². The molecule has 0 saturated carbocycles. The van der Waals surface area contributed by atoms with Crippen LogP contribution in [-0.4, -0.2) is 124 Å². The first-order valence-corrected chi connectivity index (χ1v) is 18.0. The maximum absolute atomic E-state index is 12.8. The summed E-state index contributed by atoms with van der Waals surface area (Å²) in [7, 11) is 1.48. The Morgan fingerprint density at radius 2 is 1.53 bits per heavy atom. The average molecular weight is 797 g/mol. The van der Waals surface area contributed by atoms with Gasteiger partial charge in [-0.25, -0.2) is 14.8 Å². The lowest BCUT2D eigenvalue weighted by molar-refractivity contribution is -0.139. The van der Waals surface area contributed by atoms with Crippen molar-refractivity contribution in [2.75, 3.05) is 50.9 Å². The van der Waals surface area contributed by atoms with Gasteiger partial charge in [0.15, 0.2) is 16.9 Å². The van der Waals surface area contributed by atoms with Gasteiger partial charge in [-0.2, -0.15) is 4.98 Å². The number of likely N-dealkylation sites (N-methyl/N-ethyl adjacent to an activating group) is 1. The highest BCUT2D eigenvalue weighted by atomic mass is 16.5. The van der Waals surface area contributed by atoms with Gasteiger partial charge in [0, 0.05) is 37.3 Å². The molecule has 57 heavy (non-hydrogen) atoms. The van der Waals surface area contributed by atoms with E-state index in [9.17, 15) is 43.5 Å². The number of fused-ring (bicyclic) bond motifs is 1. The van der Waals surface area contributed by atoms with Gasteiger partial charge < -0.3 is 52.8 Å². The van der Waals surface area contributed by atoms with Crippen LogP contribution in [0.3, 0.4) is 0 Å². The molecule has 1 aromatic carbocycles. The number of aromatic nitrogens is 4. The summed E-state index contributed by atoms with van der Waals surface area (Å²) in [5.41, 5.74) is 6.39. The van der Waals surface area contributed by atoms with Gasteiger partial charge in [-0.1, -0.05) is 0 Å². The fourth-order valence-corrected chi connectivity index (χ4v) is 5.09. The van der Waals surface area contributed by atoms with Crippen molar-refractivity contribution >= 4 is 64.1 Å². The monoisotopic (exact) mass is 796 g/mol. The van der Waals surface area contributed by atoms with Crippen LogP contribution in [0.1, 0.15) is 55.6 Å². The van der Waals surface area contributed by atoms with Gasteiger partial charge in [-0.3, -0.25) is 38.5 Å². The quantitative estimate of drug-likeness (QED) is 0.0426. The second-order valence-electron chi connectivity index (χ2n) is 12.5. The van der Waals surface area contributed by atoms with Gasteiger partial charge in [0.1, 0.15) is 6.04 Å². The van der Waals surface area contributed by atoms with Crippen LogP contribution >= 0.6 is 0 Å². The number of anilines is 2. The number of rotatable bonds is 24. The van der Waals surface area contributed by atoms with Gasteiger partial charge in [0.2, 0.25) is 29.6 Å². The molecule has 3 rings (SSSR count). The third-order valence-corrected chi connectivity index (χ3v) is 8.13. The summed E-state index contributed by atoms with van der Waals surface area (Å²) in [6, 6.07) is 2.86. The van der Waals surface area contributed by atoms with Crippen LogP contribution in [0.25, 0.3) is 11.2 Å². The fraction of sp³-hybridized carbons (Fsp3) is 0.457. The van der Waals surface area contributed by atoms with E-state index in [0.717, 1.165) is 0 Å². The Hall–Kier alpha value is -6.55. The standard InChI is InChI=1S/C35H48N12O10/c1-4-38-27(50)15-24(19(2)48)45-32(53)25(37-3)16-28(51)40-12-14-57-13-11-39-26(49)10-9-23(34(55)56)44-31(52)20-5-7-21(8-6-20)41-17-22-18-42-30-29(43-22)33(54)47-35(36)46-30/h5-8,18,23-25,37,41H,4,9-17H2,1-3H3,(H,38,50)(H,39,49)(H,40,51)(H,44,52)(H,45,53)(H,55,56)(H3,36,42,46,47,54). The number of nitrogen functional groups attached to an aromatic ring is 1. The van der Waals surface area contributed by atoms with Crippen LogP contribution in [0.4, 0.5) is 11.6 Å². The van der Waals surface area contributed by atoms with Crippen molar-refractivity contribution in [3.63, 3.8) is 0 Å². The van der Waals surface area contributed by atoms with Crippen LogP contribution < -0.4 is 48.5 Å². The fourth-order valence-electron chi connectivity index (χ4n) is 5.09. The highest BCUT2D eigenvalue weighted by Gasteiger charge is 2.26. The lowest BCUT2D eigenvalue weighted by Crippen LogP contribution is -2.51. The lowest BCUT2D eigenvalue weighted by atomic mass is 10.1. The molecule has 2 heterocycles. The minimum atomic E-state index is -1.34. The van der Waals surface area contributed by atoms with Gasteiger partial charge in [-0.05, 0) is 51.6 Å². The highest BCUT2D eigenvalue weighted by Crippen LogP contribution is 2.12. The number of carbonyl (C=O) groups is 7. The Labute approximate surface area is 326 Å². The first-order valence-electron chi connectivity index (χ1n) is 18.0. The zero-order valence-electron chi connectivity index (χ0n) is 31.7. The maximum Gasteiger partial charge on any atom is 0.326 e. The van der Waals surface area contributed by atoms with E-state index in [-0.39, 0.29) is 81.2 Å². The summed E-state index contributed by atoms with van der Waals surface area (Å²) in [6.45, 7) is 3.95. The van der Waals surface area contributed by atoms with Crippen LogP contribution in [0, 0.1) is 0 Å². The number of carbonyl (C=O) groups excluding carboxylic acids is 6. The Bertz CT molecular complexity index is 1960. The number of nitrogens with zero attached hydrogens (tertiary/aromatic N) is 3. The topological polar surface area (TPSA) is 331 Å². The minimum Gasteiger partial charge on any atom is -0.480 e. The van der Waals surface area contributed by atoms with E-state index in [0.29, 0.717) is 17.9 Å². The third kappa shape index (κ3) is 15.2. The number of Topliss-reactive ketones (excluding diaryl/α,β-unsaturated/α-hetero) is 1. The number of nitrogens with one attached hydrogen (secondary N) is 8. The molecule has 11 N–H and O–H groups in total. The van der Waals surface area contributed by atoms with Crippen LogP contribution in [0.5, 0.6) is 0 Å². The number of carboxylic acids is 1. The molecule has 0 aliphatic carbocycles. The number of aliphatic carboxylic acids is 1. The van der Waals surface area contributed by atoms with Crippen molar-refractivity contribution in [3.8, 4) is 0 Å². The Morgan fingerprint density at radius 1 is 0.877 bits per heavy atom. The van der Waals surface area contributed by atoms with E-state index in [1.54, 1.807) is 19.1 Å². The average Bonchev–Trinajstić information content (AvgIpc) is 3.17. The molecule has 0 fully saturated rings. The molecule has 22 heteroatoms. The lowest BCUT2D eigenvalue weighted by Gasteiger charge is -2.20. The molecule has 3 unspecified atom stereocenters. The third-order valence-electron chi connectivity index (χ3n) is 8.13. The second-order valence-corrected chi connectivity index (χ2v) is 12.5. The van der Waals surface area contributed by atoms with Crippen LogP contribution in [-0.2, 0) is 40.0 Å². The molecule has 0 saturated heterocycles. The normalized spacial score (nSPS) is 12.4. The Kier molecular flexibility index (Phi) is 17.9. The van der Waals surface area contributed by atoms with Crippen molar-refractivity contribution in [3.05, 3.63) is 52.1 Å². The summed E-state index contributed by atoms with van der Waals surface area (Å²) in [4.78, 5) is 112. The number of hydrogen-bond donors (Lipinski definition) is 10. The van der Waals surface area contributed by atoms with Crippen LogP contribution in [0.2, 0.25) is 0 Å². The zero-order chi connectivity index (χ0) is 41.9. The Morgan fingerprint density at radius 3 is 2.16 bits per heavy atom. The highest BCUT2D eigenvalue weighted by molar-refractivity contribution is 5.97. The number of benzene rings is 1. The summed E-state index contributed by atoms with van der Waals surface area (Å²) >= 11 is 0. The summed E-state index contributed by atoms with van der Waals surface area (Å²) < 4.78 is 5.40. The molecule has 0 bridgehead atoms. The molecule has 3 aromatic rings. The number of ether oxygens (including phenoxy) is 1. The summed E-state index contributed by atoms with van der Waals surface area (Å²) in [5, 5.41) is 28.1. The second kappa shape index (κ2) is 22.7. The van der Waals surface area contributed by atoms with Crippen LogP contribution in [0.15, 0.2) is 35.3 Å². The van der Waals surface area contributed by atoms with E-state index in [4.69, 9.17) is 10.5 Å². The van der Waals surface area contributed by atoms with Gasteiger partial charge in [0.05, 0.1) is 56.6 Å². The smallest absolute Gasteiger partial charge is 0.326 e.